The van der Waals surface area contributed by atoms with E-state index in [1.807, 2.05) is 0 Å². The number of hydrogen-bond acceptors (Lipinski definition) is 4. The molecule has 3 fully saturated rings. The van der Waals surface area contributed by atoms with Gasteiger partial charge in [0.2, 0.25) is 5.91 Å². The average molecular weight is 321 g/mol. The number of amides is 1. The molecule has 2 bridgehead atoms. The number of hydrogen-bond donors (Lipinski definition) is 2. The Labute approximate surface area is 127 Å². The number of alkyl halides is 3. The van der Waals surface area contributed by atoms with Gasteiger partial charge in [0, 0.05) is 32.7 Å². The molecule has 4 unspecified atom stereocenters. The Morgan fingerprint density at radius 1 is 1.32 bits per heavy atom. The summed E-state index contributed by atoms with van der Waals surface area (Å²) in [7, 11) is 0. The first-order valence-electron chi connectivity index (χ1n) is 7.90. The van der Waals surface area contributed by atoms with Crippen molar-refractivity contribution < 1.29 is 22.7 Å². The number of halogens is 3. The lowest BCUT2D eigenvalue weighted by Crippen LogP contribution is -2.58. The smallest absolute Gasteiger partial charge is 0.374 e. The standard InChI is InChI=1S/C14H22F3N3O2/c15-14(16,17)12(20-5-3-18-4-6-20)8-19-13(21)10-7-9-1-2-11(10)22-9/h9-12,18H,1-8H2,(H,19,21). The molecule has 4 atom stereocenters. The average Bonchev–Trinajstić information content (AvgIpc) is 3.09. The maximum absolute atomic E-state index is 13.2. The Kier molecular flexibility index (Phi) is 4.61. The number of nitrogens with zero attached hydrogens (tertiary/aromatic N) is 1. The minimum atomic E-state index is -4.34. The highest BCUT2D eigenvalue weighted by Gasteiger charge is 2.46. The van der Waals surface area contributed by atoms with E-state index < -0.39 is 12.2 Å². The van der Waals surface area contributed by atoms with E-state index in [0.717, 1.165) is 12.8 Å². The van der Waals surface area contributed by atoms with Crippen LogP contribution in [0.2, 0.25) is 0 Å². The fraction of sp³-hybridized carbons (Fsp3) is 0.929. The topological polar surface area (TPSA) is 53.6 Å². The number of rotatable bonds is 4. The second-order valence-corrected chi connectivity index (χ2v) is 6.30. The summed E-state index contributed by atoms with van der Waals surface area (Å²) in [5, 5.41) is 5.55. The largest absolute Gasteiger partial charge is 0.405 e. The third-order valence-corrected chi connectivity index (χ3v) is 4.88. The number of carbonyl (C=O) groups is 1. The van der Waals surface area contributed by atoms with Gasteiger partial charge in [-0.2, -0.15) is 13.2 Å². The van der Waals surface area contributed by atoms with Gasteiger partial charge in [-0.3, -0.25) is 9.69 Å². The molecule has 0 spiro atoms. The molecule has 126 valence electrons. The van der Waals surface area contributed by atoms with E-state index in [2.05, 4.69) is 10.6 Å². The highest BCUT2D eigenvalue weighted by atomic mass is 19.4. The Hall–Kier alpha value is -0.860. The Morgan fingerprint density at radius 3 is 2.59 bits per heavy atom. The van der Waals surface area contributed by atoms with E-state index in [4.69, 9.17) is 4.74 Å². The van der Waals surface area contributed by atoms with Crippen molar-refractivity contribution >= 4 is 5.91 Å². The van der Waals surface area contributed by atoms with Gasteiger partial charge >= 0.3 is 6.18 Å². The quantitative estimate of drug-likeness (QED) is 0.792. The Bertz CT molecular complexity index is 413. The highest BCUT2D eigenvalue weighted by molar-refractivity contribution is 5.79. The van der Waals surface area contributed by atoms with Gasteiger partial charge in [-0.25, -0.2) is 0 Å². The molecule has 3 aliphatic heterocycles. The molecule has 0 aliphatic carbocycles. The first-order valence-corrected chi connectivity index (χ1v) is 7.90. The maximum Gasteiger partial charge on any atom is 0.405 e. The second-order valence-electron chi connectivity index (χ2n) is 6.30. The third-order valence-electron chi connectivity index (χ3n) is 4.88. The van der Waals surface area contributed by atoms with Crippen LogP contribution in [0.1, 0.15) is 19.3 Å². The van der Waals surface area contributed by atoms with Crippen molar-refractivity contribution in [1.29, 1.82) is 0 Å². The normalized spacial score (nSPS) is 33.9. The first kappa shape index (κ1) is 16.0. The number of fused-ring (bicyclic) bond motifs is 2. The monoisotopic (exact) mass is 321 g/mol. The van der Waals surface area contributed by atoms with Gasteiger partial charge in [0.25, 0.3) is 0 Å². The molecule has 0 aromatic rings. The molecule has 3 heterocycles. The zero-order chi connectivity index (χ0) is 15.7. The van der Waals surface area contributed by atoms with Crippen LogP contribution in [0.3, 0.4) is 0 Å². The van der Waals surface area contributed by atoms with Crippen LogP contribution in [0.15, 0.2) is 0 Å². The van der Waals surface area contributed by atoms with Crippen molar-refractivity contribution in [3.05, 3.63) is 0 Å². The Balaban J connectivity index is 1.55. The van der Waals surface area contributed by atoms with Gasteiger partial charge in [-0.1, -0.05) is 0 Å². The predicted molar refractivity (Wildman–Crippen MR) is 73.3 cm³/mol. The lowest BCUT2D eigenvalue weighted by molar-refractivity contribution is -0.184. The third kappa shape index (κ3) is 3.38. The van der Waals surface area contributed by atoms with Crippen LogP contribution in [0, 0.1) is 5.92 Å². The van der Waals surface area contributed by atoms with Crippen molar-refractivity contribution in [2.24, 2.45) is 5.92 Å². The van der Waals surface area contributed by atoms with E-state index in [1.54, 1.807) is 0 Å². The van der Waals surface area contributed by atoms with Crippen LogP contribution >= 0.6 is 0 Å². The van der Waals surface area contributed by atoms with Crippen LogP contribution in [-0.2, 0) is 9.53 Å². The minimum Gasteiger partial charge on any atom is -0.374 e. The van der Waals surface area contributed by atoms with E-state index in [0.29, 0.717) is 32.6 Å². The van der Waals surface area contributed by atoms with Gasteiger partial charge < -0.3 is 15.4 Å². The summed E-state index contributed by atoms with van der Waals surface area (Å²) < 4.78 is 45.3. The summed E-state index contributed by atoms with van der Waals surface area (Å²) in [6.45, 7) is 1.40. The van der Waals surface area contributed by atoms with Gasteiger partial charge in [0.15, 0.2) is 0 Å². The summed E-state index contributed by atoms with van der Waals surface area (Å²) in [5.74, 6) is -0.577. The van der Waals surface area contributed by atoms with E-state index >= 15 is 0 Å². The van der Waals surface area contributed by atoms with Crippen molar-refractivity contribution in [3.8, 4) is 0 Å². The summed E-state index contributed by atoms with van der Waals surface area (Å²) in [6, 6.07) is -1.61. The zero-order valence-electron chi connectivity index (χ0n) is 12.4. The molecule has 5 nitrogen and oxygen atoms in total. The number of carbonyl (C=O) groups excluding carboxylic acids is 1. The van der Waals surface area contributed by atoms with Gasteiger partial charge in [-0.15, -0.1) is 0 Å². The predicted octanol–water partition coefficient (Wildman–Crippen LogP) is 0.506. The fourth-order valence-electron chi connectivity index (χ4n) is 3.69. The molecule has 3 aliphatic rings. The van der Waals surface area contributed by atoms with Crippen LogP contribution < -0.4 is 10.6 Å². The molecule has 0 aromatic carbocycles. The number of piperazine rings is 1. The summed E-state index contributed by atoms with van der Waals surface area (Å²) in [6.07, 6.45) is -1.89. The molecule has 3 saturated heterocycles. The molecule has 0 radical (unpaired) electrons. The molecule has 0 aromatic heterocycles. The zero-order valence-corrected chi connectivity index (χ0v) is 12.4. The van der Waals surface area contributed by atoms with Crippen LogP contribution in [0.5, 0.6) is 0 Å². The van der Waals surface area contributed by atoms with Crippen molar-refractivity contribution in [3.63, 3.8) is 0 Å². The lowest BCUT2D eigenvalue weighted by Gasteiger charge is -2.36. The molecule has 8 heteroatoms. The van der Waals surface area contributed by atoms with Gasteiger partial charge in [0.1, 0.15) is 6.04 Å². The lowest BCUT2D eigenvalue weighted by atomic mass is 9.88. The minimum absolute atomic E-state index is 0.103. The molecule has 22 heavy (non-hydrogen) atoms. The number of nitrogens with one attached hydrogen (secondary N) is 2. The van der Waals surface area contributed by atoms with E-state index in [1.165, 1.54) is 4.90 Å². The van der Waals surface area contributed by atoms with Crippen molar-refractivity contribution in [2.75, 3.05) is 32.7 Å². The fourth-order valence-corrected chi connectivity index (χ4v) is 3.69. The van der Waals surface area contributed by atoms with Crippen molar-refractivity contribution in [1.82, 2.24) is 15.5 Å². The molecular formula is C14H22F3N3O2. The van der Waals surface area contributed by atoms with E-state index in [-0.39, 0.29) is 30.6 Å². The summed E-state index contributed by atoms with van der Waals surface area (Å²) >= 11 is 0. The SMILES string of the molecule is O=C(NCC(N1CCNCC1)C(F)(F)F)C1CC2CCC1O2. The number of ether oxygens (including phenoxy) is 1. The van der Waals surface area contributed by atoms with Crippen molar-refractivity contribution in [2.45, 2.75) is 43.7 Å². The molecule has 2 N–H and O–H groups in total. The molecular weight excluding hydrogens is 299 g/mol. The second kappa shape index (κ2) is 6.33. The van der Waals surface area contributed by atoms with Gasteiger partial charge in [-0.05, 0) is 19.3 Å². The van der Waals surface area contributed by atoms with Crippen LogP contribution in [0.4, 0.5) is 13.2 Å². The highest BCUT2D eigenvalue weighted by Crippen LogP contribution is 2.38. The molecule has 3 rings (SSSR count). The molecule has 0 saturated carbocycles. The first-order chi connectivity index (χ1) is 10.4. The molecule has 1 amide bonds. The van der Waals surface area contributed by atoms with Crippen LogP contribution in [-0.4, -0.2) is 68.0 Å². The summed E-state index contributed by atoms with van der Waals surface area (Å²) in [4.78, 5) is 13.6. The van der Waals surface area contributed by atoms with Crippen LogP contribution in [0.25, 0.3) is 0 Å². The maximum atomic E-state index is 13.2. The Morgan fingerprint density at radius 2 is 2.05 bits per heavy atom. The summed E-state index contributed by atoms with van der Waals surface area (Å²) in [5.41, 5.74) is 0. The van der Waals surface area contributed by atoms with Gasteiger partial charge in [0.05, 0.1) is 18.1 Å². The van der Waals surface area contributed by atoms with E-state index in [9.17, 15) is 18.0 Å².